The van der Waals surface area contributed by atoms with Crippen LogP contribution in [0.3, 0.4) is 0 Å². The van der Waals surface area contributed by atoms with Crippen molar-refractivity contribution >= 4 is 34.7 Å². The summed E-state index contributed by atoms with van der Waals surface area (Å²) in [6.07, 6.45) is -2.73. The molecular weight excluding hydrogens is 530 g/mol. The lowest BCUT2D eigenvalue weighted by Gasteiger charge is -2.32. The number of nitrogens with one attached hydrogen (secondary N) is 3. The molecule has 0 bridgehead atoms. The highest BCUT2D eigenvalue weighted by atomic mass is 32.1. The molecule has 1 amide bonds. The number of amides is 1. The molecular formula is C25H30F2N8O3S. The van der Waals surface area contributed by atoms with Gasteiger partial charge in [-0.25, -0.2) is 15.0 Å². The number of nitrogens with zero attached hydrogens (tertiary/aromatic N) is 5. The van der Waals surface area contributed by atoms with Gasteiger partial charge in [0.2, 0.25) is 5.95 Å². The molecule has 0 radical (unpaired) electrons. The number of carbonyl (C=O) groups is 1. The topological polar surface area (TPSA) is 117 Å². The minimum absolute atomic E-state index is 0.0952. The van der Waals surface area contributed by atoms with Gasteiger partial charge in [0.1, 0.15) is 10.7 Å². The highest BCUT2D eigenvalue weighted by Gasteiger charge is 2.43. The Morgan fingerprint density at radius 2 is 1.90 bits per heavy atom. The number of carbonyl (C=O) groups excluding carboxylic acids is 1. The first-order valence-electron chi connectivity index (χ1n) is 12.6. The molecule has 3 aromatic rings. The number of anilines is 3. The van der Waals surface area contributed by atoms with Crippen LogP contribution in [0.1, 0.15) is 27.5 Å². The van der Waals surface area contributed by atoms with E-state index in [4.69, 9.17) is 0 Å². The molecule has 208 valence electrons. The number of piperazine rings is 1. The molecule has 0 unspecified atom stereocenters. The van der Waals surface area contributed by atoms with Gasteiger partial charge in [0.15, 0.2) is 11.5 Å². The Bertz CT molecular complexity index is 1320. The molecule has 2 aliphatic heterocycles. The third-order valence-electron chi connectivity index (χ3n) is 6.31. The number of aryl methyl sites for hydroxylation is 1. The predicted octanol–water partition coefficient (Wildman–Crippen LogP) is 3.48. The zero-order chi connectivity index (χ0) is 27.4. The van der Waals surface area contributed by atoms with Crippen molar-refractivity contribution in [1.29, 1.82) is 0 Å². The number of aromatic nitrogens is 3. The highest BCUT2D eigenvalue weighted by molar-refractivity contribution is 7.12. The summed E-state index contributed by atoms with van der Waals surface area (Å²) >= 11 is 1.16. The predicted molar refractivity (Wildman–Crippen MR) is 144 cm³/mol. The molecule has 2 aliphatic rings. The standard InChI is InChI=1S/C25H30F2N8O3S/c1-16-12-18(33-24(31-16)28-6-3-7-35-10-8-34(2)9-11-35)14-29-22-21(39-15-30-22)23(36)32-17-4-5-19-20(13-17)38-25(26,27)37-19/h4-5,12-13,15,29H,3,6-11,14H2,1-2H3,(H,32,36)(H,28,31,33). The van der Waals surface area contributed by atoms with Gasteiger partial charge >= 0.3 is 6.29 Å². The van der Waals surface area contributed by atoms with Crippen molar-refractivity contribution in [2.45, 2.75) is 26.2 Å². The molecule has 1 aromatic carbocycles. The van der Waals surface area contributed by atoms with E-state index >= 15 is 0 Å². The fourth-order valence-corrected chi connectivity index (χ4v) is 4.96. The SMILES string of the molecule is Cc1cc(CNc2ncsc2C(=O)Nc2ccc3c(c2)OC(F)(F)O3)nc(NCCCN2CCN(C)CC2)n1. The maximum Gasteiger partial charge on any atom is 0.586 e. The van der Waals surface area contributed by atoms with E-state index in [1.807, 2.05) is 13.0 Å². The lowest BCUT2D eigenvalue weighted by atomic mass is 10.2. The number of hydrogen-bond acceptors (Lipinski definition) is 11. The van der Waals surface area contributed by atoms with Crippen LogP contribution in [0.2, 0.25) is 0 Å². The molecule has 0 aliphatic carbocycles. The van der Waals surface area contributed by atoms with Crippen molar-refractivity contribution in [3.63, 3.8) is 0 Å². The fraction of sp³-hybridized carbons (Fsp3) is 0.440. The number of ether oxygens (including phenoxy) is 2. The molecule has 3 N–H and O–H groups in total. The summed E-state index contributed by atoms with van der Waals surface area (Å²) in [5.74, 6) is 0.273. The van der Waals surface area contributed by atoms with Gasteiger partial charge in [-0.2, -0.15) is 0 Å². The van der Waals surface area contributed by atoms with Crippen LogP contribution in [0.4, 0.5) is 26.2 Å². The van der Waals surface area contributed by atoms with Crippen molar-refractivity contribution in [3.05, 3.63) is 46.0 Å². The second-order valence-corrected chi connectivity index (χ2v) is 10.3. The molecule has 0 spiro atoms. The first-order valence-corrected chi connectivity index (χ1v) is 13.5. The van der Waals surface area contributed by atoms with Crippen molar-refractivity contribution in [3.8, 4) is 11.5 Å². The zero-order valence-electron chi connectivity index (χ0n) is 21.7. The van der Waals surface area contributed by atoms with E-state index in [2.05, 4.69) is 57.2 Å². The largest absolute Gasteiger partial charge is 0.586 e. The molecule has 0 atom stereocenters. The molecule has 39 heavy (non-hydrogen) atoms. The lowest BCUT2D eigenvalue weighted by Crippen LogP contribution is -2.44. The number of likely N-dealkylation sites (N-methyl/N-ethyl adjacent to an activating group) is 1. The average molecular weight is 561 g/mol. The molecule has 1 saturated heterocycles. The maximum atomic E-state index is 13.3. The molecule has 1 fully saturated rings. The molecule has 14 heteroatoms. The Kier molecular flexibility index (Phi) is 8.04. The lowest BCUT2D eigenvalue weighted by molar-refractivity contribution is -0.286. The Morgan fingerprint density at radius 3 is 2.72 bits per heavy atom. The fourth-order valence-electron chi connectivity index (χ4n) is 4.30. The van der Waals surface area contributed by atoms with Gasteiger partial charge in [-0.1, -0.05) is 0 Å². The summed E-state index contributed by atoms with van der Waals surface area (Å²) < 4.78 is 35.4. The Balaban J connectivity index is 1.13. The molecule has 5 rings (SSSR count). The Hall–Kier alpha value is -3.62. The van der Waals surface area contributed by atoms with Crippen LogP contribution in [0.25, 0.3) is 0 Å². The number of hydrogen-bond donors (Lipinski definition) is 3. The van der Waals surface area contributed by atoms with E-state index in [0.29, 0.717) is 23.2 Å². The van der Waals surface area contributed by atoms with Gasteiger partial charge in [0, 0.05) is 50.2 Å². The number of thiazole rings is 1. The number of benzene rings is 1. The summed E-state index contributed by atoms with van der Waals surface area (Å²) in [5.41, 5.74) is 3.41. The smallest absolute Gasteiger partial charge is 0.395 e. The highest BCUT2D eigenvalue weighted by Crippen LogP contribution is 2.42. The second kappa shape index (κ2) is 11.6. The number of rotatable bonds is 10. The van der Waals surface area contributed by atoms with E-state index in [9.17, 15) is 13.6 Å². The summed E-state index contributed by atoms with van der Waals surface area (Å²) in [7, 11) is 2.15. The van der Waals surface area contributed by atoms with Gasteiger partial charge < -0.3 is 35.2 Å². The van der Waals surface area contributed by atoms with Crippen molar-refractivity contribution < 1.29 is 23.0 Å². The number of halogens is 2. The van der Waals surface area contributed by atoms with Crippen LogP contribution in [-0.4, -0.2) is 83.3 Å². The molecule has 2 aromatic heterocycles. The van der Waals surface area contributed by atoms with Gasteiger partial charge in [0.05, 0.1) is 17.7 Å². The van der Waals surface area contributed by atoms with Crippen LogP contribution in [0.5, 0.6) is 11.5 Å². The van der Waals surface area contributed by atoms with Crippen molar-refractivity contribution in [2.24, 2.45) is 0 Å². The van der Waals surface area contributed by atoms with Gasteiger partial charge in [-0.3, -0.25) is 4.79 Å². The van der Waals surface area contributed by atoms with E-state index in [1.54, 1.807) is 5.51 Å². The van der Waals surface area contributed by atoms with Gasteiger partial charge in [0.25, 0.3) is 5.91 Å². The molecule has 11 nitrogen and oxygen atoms in total. The van der Waals surface area contributed by atoms with Crippen LogP contribution < -0.4 is 25.4 Å². The van der Waals surface area contributed by atoms with Gasteiger partial charge in [-0.15, -0.1) is 20.1 Å². The van der Waals surface area contributed by atoms with Crippen molar-refractivity contribution in [2.75, 3.05) is 62.3 Å². The number of alkyl halides is 2. The van der Waals surface area contributed by atoms with Gasteiger partial charge in [-0.05, 0) is 45.1 Å². The average Bonchev–Trinajstić information content (AvgIpc) is 3.48. The second-order valence-electron chi connectivity index (χ2n) is 9.42. The summed E-state index contributed by atoms with van der Waals surface area (Å²) in [6, 6.07) is 5.93. The summed E-state index contributed by atoms with van der Waals surface area (Å²) in [4.78, 5) is 31.4. The first-order chi connectivity index (χ1) is 18.7. The Labute approximate surface area is 228 Å². The van der Waals surface area contributed by atoms with Crippen molar-refractivity contribution in [1.82, 2.24) is 24.8 Å². The first kappa shape index (κ1) is 27.0. The summed E-state index contributed by atoms with van der Waals surface area (Å²) in [6.45, 7) is 8.45. The van der Waals surface area contributed by atoms with Crippen LogP contribution in [0, 0.1) is 6.92 Å². The monoisotopic (exact) mass is 560 g/mol. The van der Waals surface area contributed by atoms with E-state index < -0.39 is 12.2 Å². The minimum Gasteiger partial charge on any atom is -0.395 e. The van der Waals surface area contributed by atoms with Crippen LogP contribution >= 0.6 is 11.3 Å². The molecule has 0 saturated carbocycles. The quantitative estimate of drug-likeness (QED) is 0.318. The third-order valence-corrected chi connectivity index (χ3v) is 7.13. The zero-order valence-corrected chi connectivity index (χ0v) is 22.5. The van der Waals surface area contributed by atoms with Crippen LogP contribution in [0.15, 0.2) is 29.8 Å². The van der Waals surface area contributed by atoms with E-state index in [0.717, 1.165) is 68.4 Å². The van der Waals surface area contributed by atoms with E-state index in [-0.39, 0.29) is 17.2 Å². The third kappa shape index (κ3) is 7.07. The minimum atomic E-state index is -3.72. The molecule has 4 heterocycles. The maximum absolute atomic E-state index is 13.3. The summed E-state index contributed by atoms with van der Waals surface area (Å²) in [5, 5.41) is 9.16. The Morgan fingerprint density at radius 1 is 1.10 bits per heavy atom. The number of fused-ring (bicyclic) bond motifs is 1. The normalized spacial score (nSPS) is 16.7. The van der Waals surface area contributed by atoms with E-state index in [1.165, 1.54) is 18.2 Å². The van der Waals surface area contributed by atoms with Crippen LogP contribution in [-0.2, 0) is 6.54 Å².